The van der Waals surface area contributed by atoms with Gasteiger partial charge in [-0.15, -0.1) is 0 Å². The Kier molecular flexibility index (Phi) is 3.21. The van der Waals surface area contributed by atoms with Crippen LogP contribution in [0.5, 0.6) is 5.75 Å². The fourth-order valence-electron chi connectivity index (χ4n) is 1.48. The average Bonchev–Trinajstić information content (AvgIpc) is 2.12. The summed E-state index contributed by atoms with van der Waals surface area (Å²) in [5.41, 5.74) is 0. The van der Waals surface area contributed by atoms with Gasteiger partial charge < -0.3 is 4.74 Å². The molecule has 0 amide bonds. The fraction of sp³-hybridized carbons (Fsp3) is 0.455. The summed E-state index contributed by atoms with van der Waals surface area (Å²) < 4.78 is 5.33. The summed E-state index contributed by atoms with van der Waals surface area (Å²) in [4.78, 5) is 15.3. The van der Waals surface area contributed by atoms with Gasteiger partial charge in [-0.1, -0.05) is 18.0 Å². The van der Waals surface area contributed by atoms with Crippen molar-refractivity contribution in [3.63, 3.8) is 0 Å². The van der Waals surface area contributed by atoms with E-state index in [0.29, 0.717) is 10.9 Å². The van der Waals surface area contributed by atoms with E-state index >= 15 is 0 Å². The zero-order valence-electron chi connectivity index (χ0n) is 8.28. The van der Waals surface area contributed by atoms with E-state index in [1.165, 1.54) is 0 Å². The molecule has 0 radical (unpaired) electrons. The Morgan fingerprint density at radius 3 is 3.00 bits per heavy atom. The van der Waals surface area contributed by atoms with E-state index in [0.717, 1.165) is 19.3 Å². The quantitative estimate of drug-likeness (QED) is 0.739. The molecule has 1 aliphatic rings. The van der Waals surface area contributed by atoms with Crippen molar-refractivity contribution >= 4 is 17.4 Å². The van der Waals surface area contributed by atoms with E-state index in [4.69, 9.17) is 16.3 Å². The molecular formula is C11H12ClNO2. The molecule has 0 atom stereocenters. The summed E-state index contributed by atoms with van der Waals surface area (Å²) in [6.07, 6.45) is 4.75. The summed E-state index contributed by atoms with van der Waals surface area (Å²) in [7, 11) is 0. The first kappa shape index (κ1) is 10.4. The number of pyridine rings is 1. The average molecular weight is 226 g/mol. The van der Waals surface area contributed by atoms with Gasteiger partial charge in [0, 0.05) is 18.2 Å². The van der Waals surface area contributed by atoms with Gasteiger partial charge in [0.2, 0.25) is 0 Å². The van der Waals surface area contributed by atoms with Gasteiger partial charge in [-0.25, -0.2) is 4.98 Å². The van der Waals surface area contributed by atoms with Crippen LogP contribution in [0.1, 0.15) is 19.3 Å². The molecule has 4 heteroatoms. The van der Waals surface area contributed by atoms with Crippen molar-refractivity contribution in [2.24, 2.45) is 5.92 Å². The fourth-order valence-corrected chi connectivity index (χ4v) is 1.64. The molecule has 3 nitrogen and oxygen atoms in total. The van der Waals surface area contributed by atoms with E-state index in [1.807, 2.05) is 0 Å². The van der Waals surface area contributed by atoms with Crippen LogP contribution in [0, 0.1) is 5.92 Å². The number of carbonyl (C=O) groups excluding carboxylic acids is 1. The highest BCUT2D eigenvalue weighted by Gasteiger charge is 2.25. The topological polar surface area (TPSA) is 39.2 Å². The van der Waals surface area contributed by atoms with Gasteiger partial charge in [0.15, 0.2) is 5.78 Å². The van der Waals surface area contributed by atoms with Gasteiger partial charge in [0.1, 0.15) is 17.5 Å². The second-order valence-electron chi connectivity index (χ2n) is 3.70. The van der Waals surface area contributed by atoms with E-state index in [1.54, 1.807) is 18.3 Å². The molecule has 0 spiro atoms. The predicted molar refractivity (Wildman–Crippen MR) is 57.1 cm³/mol. The highest BCUT2D eigenvalue weighted by molar-refractivity contribution is 6.29. The highest BCUT2D eigenvalue weighted by atomic mass is 35.5. The summed E-state index contributed by atoms with van der Waals surface area (Å²) >= 11 is 5.69. The maximum absolute atomic E-state index is 11.5. The maximum atomic E-state index is 11.5. The van der Waals surface area contributed by atoms with Crippen LogP contribution in [0.15, 0.2) is 18.3 Å². The third kappa shape index (κ3) is 2.69. The van der Waals surface area contributed by atoms with Crippen molar-refractivity contribution in [3.8, 4) is 5.75 Å². The highest BCUT2D eigenvalue weighted by Crippen LogP contribution is 2.27. The lowest BCUT2D eigenvalue weighted by Crippen LogP contribution is -2.26. The van der Waals surface area contributed by atoms with Crippen LogP contribution in [0.4, 0.5) is 0 Å². The first-order valence-corrected chi connectivity index (χ1v) is 5.40. The molecule has 1 heterocycles. The first-order chi connectivity index (χ1) is 7.25. The van der Waals surface area contributed by atoms with Crippen LogP contribution in [0.25, 0.3) is 0 Å². The van der Waals surface area contributed by atoms with Gasteiger partial charge >= 0.3 is 0 Å². The molecule has 1 aromatic heterocycles. The zero-order chi connectivity index (χ0) is 10.7. The normalized spacial score (nSPS) is 15.8. The van der Waals surface area contributed by atoms with E-state index < -0.39 is 0 Å². The van der Waals surface area contributed by atoms with Crippen molar-refractivity contribution in [1.29, 1.82) is 0 Å². The molecule has 0 aliphatic heterocycles. The Morgan fingerprint density at radius 1 is 1.60 bits per heavy atom. The number of aromatic nitrogens is 1. The number of rotatable bonds is 4. The van der Waals surface area contributed by atoms with Crippen LogP contribution < -0.4 is 4.74 Å². The number of hydrogen-bond acceptors (Lipinski definition) is 3. The van der Waals surface area contributed by atoms with Crippen molar-refractivity contribution < 1.29 is 9.53 Å². The van der Waals surface area contributed by atoms with Crippen molar-refractivity contribution in [1.82, 2.24) is 4.98 Å². The van der Waals surface area contributed by atoms with Gasteiger partial charge in [-0.3, -0.25) is 4.79 Å². The van der Waals surface area contributed by atoms with Crippen LogP contribution in [-0.2, 0) is 4.79 Å². The van der Waals surface area contributed by atoms with Gasteiger partial charge in [0.05, 0.1) is 0 Å². The molecule has 0 aromatic carbocycles. The molecule has 0 bridgehead atoms. The van der Waals surface area contributed by atoms with Gasteiger partial charge in [-0.2, -0.15) is 0 Å². The molecule has 15 heavy (non-hydrogen) atoms. The summed E-state index contributed by atoms with van der Waals surface area (Å²) in [5, 5.41) is 0.378. The lowest BCUT2D eigenvalue weighted by Gasteiger charge is -2.23. The van der Waals surface area contributed by atoms with Crippen LogP contribution in [-0.4, -0.2) is 17.4 Å². The molecule has 0 unspecified atom stereocenters. The second kappa shape index (κ2) is 4.62. The van der Waals surface area contributed by atoms with Crippen molar-refractivity contribution in [2.75, 3.05) is 6.61 Å². The minimum absolute atomic E-state index is 0.144. The number of halogens is 1. The maximum Gasteiger partial charge on any atom is 0.173 e. The van der Waals surface area contributed by atoms with Crippen LogP contribution in [0.3, 0.4) is 0 Å². The summed E-state index contributed by atoms with van der Waals surface area (Å²) in [6, 6.07) is 3.30. The lowest BCUT2D eigenvalue weighted by atomic mass is 9.82. The number of ether oxygens (including phenoxy) is 1. The molecule has 1 aliphatic carbocycles. The summed E-state index contributed by atoms with van der Waals surface area (Å²) in [5.74, 6) is 1.01. The third-order valence-corrected chi connectivity index (χ3v) is 2.85. The van der Waals surface area contributed by atoms with Crippen LogP contribution in [0.2, 0.25) is 5.15 Å². The smallest absolute Gasteiger partial charge is 0.173 e. The minimum Gasteiger partial charge on any atom is -0.486 e. The molecule has 0 N–H and O–H groups in total. The molecule has 80 valence electrons. The minimum atomic E-state index is 0.144. The Labute approximate surface area is 93.4 Å². The SMILES string of the molecule is O=C(COc1ccnc(Cl)c1)C1CCC1. The number of carbonyl (C=O) groups is 1. The van der Waals surface area contributed by atoms with E-state index in [9.17, 15) is 4.79 Å². The Morgan fingerprint density at radius 2 is 2.40 bits per heavy atom. The predicted octanol–water partition coefficient (Wildman–Crippen LogP) is 2.48. The lowest BCUT2D eigenvalue weighted by molar-refractivity contribution is -0.127. The van der Waals surface area contributed by atoms with Crippen LogP contribution >= 0.6 is 11.6 Å². The molecule has 0 saturated heterocycles. The molecule has 1 aromatic rings. The second-order valence-corrected chi connectivity index (χ2v) is 4.08. The standard InChI is InChI=1S/C11H12ClNO2/c12-11-6-9(4-5-13-11)15-7-10(14)8-2-1-3-8/h4-6,8H,1-3,7H2. The molecular weight excluding hydrogens is 214 g/mol. The monoisotopic (exact) mass is 225 g/mol. The molecule has 1 saturated carbocycles. The van der Waals surface area contributed by atoms with E-state index in [-0.39, 0.29) is 18.3 Å². The molecule has 1 fully saturated rings. The summed E-state index contributed by atoms with van der Waals surface area (Å²) in [6.45, 7) is 0.144. The molecule has 2 rings (SSSR count). The Bertz CT molecular complexity index is 363. The Hall–Kier alpha value is -1.09. The number of ketones is 1. The van der Waals surface area contributed by atoms with E-state index in [2.05, 4.69) is 4.98 Å². The van der Waals surface area contributed by atoms with Crippen molar-refractivity contribution in [2.45, 2.75) is 19.3 Å². The number of hydrogen-bond donors (Lipinski definition) is 0. The number of Topliss-reactive ketones (excluding diaryl/α,β-unsaturated/α-hetero) is 1. The number of nitrogens with zero attached hydrogens (tertiary/aromatic N) is 1. The van der Waals surface area contributed by atoms with Gasteiger partial charge in [-0.05, 0) is 18.9 Å². The van der Waals surface area contributed by atoms with Gasteiger partial charge in [0.25, 0.3) is 0 Å². The van der Waals surface area contributed by atoms with Crippen molar-refractivity contribution in [3.05, 3.63) is 23.5 Å². The third-order valence-electron chi connectivity index (χ3n) is 2.64. The zero-order valence-corrected chi connectivity index (χ0v) is 9.04. The Balaban J connectivity index is 1.84. The largest absolute Gasteiger partial charge is 0.486 e. The first-order valence-electron chi connectivity index (χ1n) is 5.03.